The fourth-order valence-corrected chi connectivity index (χ4v) is 2.59. The average molecular weight is 394 g/mol. The summed E-state index contributed by atoms with van der Waals surface area (Å²) in [4.78, 5) is 25.3. The number of methoxy groups -OCH3 is 1. The molecule has 2 amide bonds. The molecule has 0 aliphatic carbocycles. The molecule has 2 rings (SSSR count). The van der Waals surface area contributed by atoms with Gasteiger partial charge >= 0.3 is 0 Å². The predicted octanol–water partition coefficient (Wildman–Crippen LogP) is 3.53. The first-order valence-corrected chi connectivity index (χ1v) is 8.63. The van der Waals surface area contributed by atoms with E-state index >= 15 is 0 Å². The Hall–Kier alpha value is -3.03. The molecule has 0 heterocycles. The van der Waals surface area contributed by atoms with Gasteiger partial charge in [0.15, 0.2) is 17.5 Å². The number of anilines is 1. The van der Waals surface area contributed by atoms with Crippen molar-refractivity contribution in [2.24, 2.45) is 0 Å². The van der Waals surface area contributed by atoms with Gasteiger partial charge in [-0.25, -0.2) is 13.2 Å². The SMILES string of the molecule is COc1cccc(CCN(CCC(=O)Nc2ccc(F)c(F)c2F)C(C)=O)c1. The average Bonchev–Trinajstić information content (AvgIpc) is 2.68. The highest BCUT2D eigenvalue weighted by Crippen LogP contribution is 2.19. The van der Waals surface area contributed by atoms with Crippen molar-refractivity contribution >= 4 is 17.5 Å². The minimum Gasteiger partial charge on any atom is -0.497 e. The van der Waals surface area contributed by atoms with Crippen molar-refractivity contribution in [3.05, 3.63) is 59.4 Å². The number of nitrogens with one attached hydrogen (secondary N) is 1. The molecule has 5 nitrogen and oxygen atoms in total. The fraction of sp³-hybridized carbons (Fsp3) is 0.300. The molecule has 1 N–H and O–H groups in total. The van der Waals surface area contributed by atoms with Crippen LogP contribution in [0.2, 0.25) is 0 Å². The van der Waals surface area contributed by atoms with Crippen LogP contribution in [0.5, 0.6) is 5.75 Å². The van der Waals surface area contributed by atoms with E-state index in [1.165, 1.54) is 11.8 Å². The van der Waals surface area contributed by atoms with E-state index in [2.05, 4.69) is 5.32 Å². The molecule has 0 aliphatic rings. The molecule has 0 saturated carbocycles. The Balaban J connectivity index is 1.91. The standard InChI is InChI=1S/C20H21F3N2O3/c1-13(26)25(10-8-14-4-3-5-15(12-14)28-2)11-9-18(27)24-17-7-6-16(21)19(22)20(17)23/h3-7,12H,8-11H2,1-2H3,(H,24,27). The van der Waals surface area contributed by atoms with Gasteiger partial charge in [0.2, 0.25) is 11.8 Å². The van der Waals surface area contributed by atoms with E-state index in [1.807, 2.05) is 24.3 Å². The van der Waals surface area contributed by atoms with Gasteiger partial charge in [0.05, 0.1) is 12.8 Å². The lowest BCUT2D eigenvalue weighted by atomic mass is 10.1. The number of rotatable bonds is 8. The third-order valence-corrected chi connectivity index (χ3v) is 4.17. The van der Waals surface area contributed by atoms with Gasteiger partial charge in [-0.15, -0.1) is 0 Å². The van der Waals surface area contributed by atoms with Crippen LogP contribution < -0.4 is 10.1 Å². The summed E-state index contributed by atoms with van der Waals surface area (Å²) < 4.78 is 44.9. The smallest absolute Gasteiger partial charge is 0.226 e. The molecule has 0 atom stereocenters. The van der Waals surface area contributed by atoms with E-state index in [-0.39, 0.29) is 18.9 Å². The highest BCUT2D eigenvalue weighted by molar-refractivity contribution is 5.91. The lowest BCUT2D eigenvalue weighted by molar-refractivity contribution is -0.129. The summed E-state index contributed by atoms with van der Waals surface area (Å²) in [5.41, 5.74) is 0.522. The molecule has 0 spiro atoms. The predicted molar refractivity (Wildman–Crippen MR) is 98.5 cm³/mol. The number of nitrogens with zero attached hydrogens (tertiary/aromatic N) is 1. The molecular weight excluding hydrogens is 373 g/mol. The van der Waals surface area contributed by atoms with Crippen LogP contribution in [0.25, 0.3) is 0 Å². The molecule has 2 aromatic carbocycles. The number of carbonyl (C=O) groups excluding carboxylic acids is 2. The fourth-order valence-electron chi connectivity index (χ4n) is 2.59. The molecular formula is C20H21F3N2O3. The molecule has 0 saturated heterocycles. The summed E-state index contributed by atoms with van der Waals surface area (Å²) in [7, 11) is 1.56. The zero-order valence-electron chi connectivity index (χ0n) is 15.6. The van der Waals surface area contributed by atoms with Crippen molar-refractivity contribution in [1.29, 1.82) is 0 Å². The molecule has 150 valence electrons. The maximum atomic E-state index is 13.6. The zero-order valence-corrected chi connectivity index (χ0v) is 15.6. The van der Waals surface area contributed by atoms with Crippen molar-refractivity contribution in [3.8, 4) is 5.75 Å². The van der Waals surface area contributed by atoms with Crippen molar-refractivity contribution in [1.82, 2.24) is 4.90 Å². The van der Waals surface area contributed by atoms with E-state index in [9.17, 15) is 22.8 Å². The maximum Gasteiger partial charge on any atom is 0.226 e. The second-order valence-corrected chi connectivity index (χ2v) is 6.13. The van der Waals surface area contributed by atoms with E-state index in [4.69, 9.17) is 4.74 Å². The van der Waals surface area contributed by atoms with Crippen molar-refractivity contribution < 1.29 is 27.5 Å². The number of ether oxygens (including phenoxy) is 1. The second kappa shape index (κ2) is 9.77. The third kappa shape index (κ3) is 5.73. The Labute approximate surface area is 161 Å². The lowest BCUT2D eigenvalue weighted by Gasteiger charge is -2.21. The first-order valence-electron chi connectivity index (χ1n) is 8.63. The minimum absolute atomic E-state index is 0.108. The number of carbonyl (C=O) groups is 2. The Kier molecular flexibility index (Phi) is 7.43. The summed E-state index contributed by atoms with van der Waals surface area (Å²) in [5.74, 6) is -4.57. The minimum atomic E-state index is -1.65. The second-order valence-electron chi connectivity index (χ2n) is 6.13. The van der Waals surface area contributed by atoms with Crippen LogP contribution in [0, 0.1) is 17.5 Å². The Morgan fingerprint density at radius 2 is 1.82 bits per heavy atom. The largest absolute Gasteiger partial charge is 0.497 e. The van der Waals surface area contributed by atoms with Crippen LogP contribution in [0.1, 0.15) is 18.9 Å². The van der Waals surface area contributed by atoms with Gasteiger partial charge in [-0.3, -0.25) is 9.59 Å². The topological polar surface area (TPSA) is 58.6 Å². The summed E-state index contributed by atoms with van der Waals surface area (Å²) in [5, 5.41) is 2.19. The highest BCUT2D eigenvalue weighted by atomic mass is 19.2. The molecule has 0 fully saturated rings. The Morgan fingerprint density at radius 3 is 2.50 bits per heavy atom. The van der Waals surface area contributed by atoms with Crippen molar-refractivity contribution in [2.75, 3.05) is 25.5 Å². The number of hydrogen-bond acceptors (Lipinski definition) is 3. The van der Waals surface area contributed by atoms with Gasteiger partial charge in [-0.2, -0.15) is 0 Å². The normalized spacial score (nSPS) is 10.5. The van der Waals surface area contributed by atoms with E-state index < -0.39 is 29.0 Å². The van der Waals surface area contributed by atoms with Gasteiger partial charge in [-0.05, 0) is 36.2 Å². The lowest BCUT2D eigenvalue weighted by Crippen LogP contribution is -2.33. The Bertz CT molecular complexity index is 859. The highest BCUT2D eigenvalue weighted by Gasteiger charge is 2.16. The van der Waals surface area contributed by atoms with E-state index in [1.54, 1.807) is 7.11 Å². The quantitative estimate of drug-likeness (QED) is 0.697. The molecule has 2 aromatic rings. The first-order chi connectivity index (χ1) is 13.3. The van der Waals surface area contributed by atoms with Gasteiger partial charge in [0.25, 0.3) is 0 Å². The molecule has 0 aromatic heterocycles. The summed E-state index contributed by atoms with van der Waals surface area (Å²) >= 11 is 0. The van der Waals surface area contributed by atoms with Crippen LogP contribution in [-0.4, -0.2) is 36.9 Å². The monoisotopic (exact) mass is 394 g/mol. The van der Waals surface area contributed by atoms with Crippen molar-refractivity contribution in [2.45, 2.75) is 19.8 Å². The van der Waals surface area contributed by atoms with Crippen LogP contribution in [0.4, 0.5) is 18.9 Å². The first kappa shape index (κ1) is 21.3. The van der Waals surface area contributed by atoms with Gasteiger partial charge in [0.1, 0.15) is 5.75 Å². The summed E-state index contributed by atoms with van der Waals surface area (Å²) in [6.45, 7) is 1.88. The number of halogens is 3. The van der Waals surface area contributed by atoms with E-state index in [0.29, 0.717) is 18.7 Å². The molecule has 8 heteroatoms. The molecule has 0 aliphatic heterocycles. The van der Waals surface area contributed by atoms with Crippen LogP contribution >= 0.6 is 0 Å². The zero-order chi connectivity index (χ0) is 20.7. The molecule has 0 unspecified atom stereocenters. The van der Waals surface area contributed by atoms with Gasteiger partial charge in [0, 0.05) is 26.4 Å². The molecule has 28 heavy (non-hydrogen) atoms. The molecule has 0 radical (unpaired) electrons. The van der Waals surface area contributed by atoms with E-state index in [0.717, 1.165) is 17.7 Å². The van der Waals surface area contributed by atoms with Crippen molar-refractivity contribution in [3.63, 3.8) is 0 Å². The third-order valence-electron chi connectivity index (χ3n) is 4.17. The summed E-state index contributed by atoms with van der Waals surface area (Å²) in [6.07, 6.45) is 0.451. The van der Waals surface area contributed by atoms with Crippen LogP contribution in [0.3, 0.4) is 0 Å². The van der Waals surface area contributed by atoms with Gasteiger partial charge < -0.3 is 15.0 Å². The van der Waals surface area contributed by atoms with Crippen LogP contribution in [-0.2, 0) is 16.0 Å². The van der Waals surface area contributed by atoms with Crippen LogP contribution in [0.15, 0.2) is 36.4 Å². The Morgan fingerprint density at radius 1 is 1.07 bits per heavy atom. The number of benzene rings is 2. The number of hydrogen-bond donors (Lipinski definition) is 1. The molecule has 0 bridgehead atoms. The summed E-state index contributed by atoms with van der Waals surface area (Å²) in [6, 6.07) is 9.08. The van der Waals surface area contributed by atoms with Gasteiger partial charge in [-0.1, -0.05) is 12.1 Å². The maximum absolute atomic E-state index is 13.6. The number of amides is 2.